The molecule has 1 amide bonds. The first kappa shape index (κ1) is 12.1. The molecular weight excluding hydrogens is 210 g/mol. The van der Waals surface area contributed by atoms with Gasteiger partial charge in [0.1, 0.15) is 0 Å². The van der Waals surface area contributed by atoms with E-state index >= 15 is 0 Å². The fraction of sp³-hybridized carbons (Fsp3) is 0.417. The maximum absolute atomic E-state index is 11.5. The van der Waals surface area contributed by atoms with Crippen LogP contribution >= 0.6 is 11.6 Å². The van der Waals surface area contributed by atoms with Gasteiger partial charge < -0.3 is 5.32 Å². The smallest absolute Gasteiger partial charge is 0.224 e. The molecule has 0 bridgehead atoms. The lowest BCUT2D eigenvalue weighted by Gasteiger charge is -2.10. The van der Waals surface area contributed by atoms with Gasteiger partial charge in [-0.05, 0) is 19.4 Å². The molecule has 0 aliphatic rings. The van der Waals surface area contributed by atoms with E-state index in [1.807, 2.05) is 38.1 Å². The first-order chi connectivity index (χ1) is 7.11. The van der Waals surface area contributed by atoms with Crippen LogP contribution in [0.25, 0.3) is 0 Å². The van der Waals surface area contributed by atoms with E-state index in [0.29, 0.717) is 12.3 Å². The van der Waals surface area contributed by atoms with Crippen LogP contribution in [0.4, 0.5) is 0 Å². The van der Waals surface area contributed by atoms with Crippen LogP contribution in [0.5, 0.6) is 0 Å². The minimum Gasteiger partial charge on any atom is -0.352 e. The molecule has 1 unspecified atom stereocenters. The van der Waals surface area contributed by atoms with Crippen molar-refractivity contribution in [2.45, 2.75) is 26.3 Å². The molecule has 0 spiro atoms. The number of aryl methyl sites for hydroxylation is 1. The van der Waals surface area contributed by atoms with Crippen LogP contribution in [0.1, 0.15) is 18.1 Å². The molecule has 1 aromatic carbocycles. The second kappa shape index (κ2) is 5.76. The molecule has 1 aromatic rings. The van der Waals surface area contributed by atoms with Gasteiger partial charge in [-0.25, -0.2) is 0 Å². The van der Waals surface area contributed by atoms with Crippen molar-refractivity contribution < 1.29 is 4.79 Å². The molecule has 0 aliphatic carbocycles. The number of hydrogen-bond acceptors (Lipinski definition) is 1. The van der Waals surface area contributed by atoms with Gasteiger partial charge in [0.05, 0.1) is 6.42 Å². The lowest BCUT2D eigenvalue weighted by molar-refractivity contribution is -0.120. The zero-order valence-electron chi connectivity index (χ0n) is 9.09. The number of rotatable bonds is 4. The quantitative estimate of drug-likeness (QED) is 0.783. The highest BCUT2D eigenvalue weighted by molar-refractivity contribution is 6.18. The Morgan fingerprint density at radius 2 is 2.27 bits per heavy atom. The number of hydrogen-bond donors (Lipinski definition) is 1. The van der Waals surface area contributed by atoms with Crippen molar-refractivity contribution in [3.63, 3.8) is 0 Å². The molecule has 82 valence electrons. The lowest BCUT2D eigenvalue weighted by atomic mass is 10.1. The zero-order chi connectivity index (χ0) is 11.3. The van der Waals surface area contributed by atoms with Crippen LogP contribution < -0.4 is 5.32 Å². The van der Waals surface area contributed by atoms with E-state index in [0.717, 1.165) is 5.56 Å². The van der Waals surface area contributed by atoms with Crippen LogP contribution in [0.15, 0.2) is 24.3 Å². The van der Waals surface area contributed by atoms with Gasteiger partial charge in [-0.1, -0.05) is 29.8 Å². The molecule has 0 radical (unpaired) electrons. The molecule has 0 aromatic heterocycles. The molecule has 1 N–H and O–H groups in total. The van der Waals surface area contributed by atoms with Crippen molar-refractivity contribution >= 4 is 17.5 Å². The molecular formula is C12H16ClNO. The zero-order valence-corrected chi connectivity index (χ0v) is 9.84. The third-order valence-corrected chi connectivity index (χ3v) is 2.55. The highest BCUT2D eigenvalue weighted by atomic mass is 35.5. The number of benzene rings is 1. The Morgan fingerprint density at radius 3 is 2.87 bits per heavy atom. The number of halogens is 1. The monoisotopic (exact) mass is 225 g/mol. The summed E-state index contributed by atoms with van der Waals surface area (Å²) >= 11 is 5.61. The van der Waals surface area contributed by atoms with E-state index < -0.39 is 0 Å². The minimum absolute atomic E-state index is 0.0220. The lowest BCUT2D eigenvalue weighted by Crippen LogP contribution is -2.34. The average Bonchev–Trinajstić information content (AvgIpc) is 2.17. The summed E-state index contributed by atoms with van der Waals surface area (Å²) in [4.78, 5) is 11.5. The summed E-state index contributed by atoms with van der Waals surface area (Å²) in [5.41, 5.74) is 2.21. The standard InChI is InChI=1S/C12H16ClNO/c1-9-4-3-5-11(6-9)7-12(15)14-10(2)8-13/h3-6,10H,7-8H2,1-2H3,(H,14,15). The minimum atomic E-state index is 0.0220. The molecule has 0 aliphatic heterocycles. The summed E-state index contributed by atoms with van der Waals surface area (Å²) in [6.07, 6.45) is 0.420. The van der Waals surface area contributed by atoms with Crippen LogP contribution in [-0.2, 0) is 11.2 Å². The van der Waals surface area contributed by atoms with Crippen molar-refractivity contribution in [1.82, 2.24) is 5.32 Å². The van der Waals surface area contributed by atoms with E-state index in [1.54, 1.807) is 0 Å². The van der Waals surface area contributed by atoms with E-state index in [2.05, 4.69) is 5.32 Å². The molecule has 0 heterocycles. The molecule has 2 nitrogen and oxygen atoms in total. The molecule has 3 heteroatoms. The van der Waals surface area contributed by atoms with E-state index in [1.165, 1.54) is 5.56 Å². The topological polar surface area (TPSA) is 29.1 Å². The van der Waals surface area contributed by atoms with Crippen LogP contribution in [0.2, 0.25) is 0 Å². The Morgan fingerprint density at radius 1 is 1.53 bits per heavy atom. The van der Waals surface area contributed by atoms with Crippen molar-refractivity contribution in [2.24, 2.45) is 0 Å². The number of alkyl halides is 1. The van der Waals surface area contributed by atoms with Gasteiger partial charge >= 0.3 is 0 Å². The Bertz CT molecular complexity index is 338. The van der Waals surface area contributed by atoms with Gasteiger partial charge in [0.2, 0.25) is 5.91 Å². The molecule has 0 fully saturated rings. The molecule has 15 heavy (non-hydrogen) atoms. The number of carbonyl (C=O) groups is 1. The second-order valence-corrected chi connectivity index (χ2v) is 4.10. The summed E-state index contributed by atoms with van der Waals surface area (Å²) in [5, 5.41) is 2.83. The summed E-state index contributed by atoms with van der Waals surface area (Å²) in [5.74, 6) is 0.466. The van der Waals surface area contributed by atoms with Crippen molar-refractivity contribution in [3.8, 4) is 0 Å². The van der Waals surface area contributed by atoms with Crippen LogP contribution in [-0.4, -0.2) is 17.8 Å². The first-order valence-corrected chi connectivity index (χ1v) is 5.56. The van der Waals surface area contributed by atoms with Crippen LogP contribution in [0.3, 0.4) is 0 Å². The van der Waals surface area contributed by atoms with Gasteiger partial charge in [-0.15, -0.1) is 11.6 Å². The summed E-state index contributed by atoms with van der Waals surface area (Å²) < 4.78 is 0. The fourth-order valence-corrected chi connectivity index (χ4v) is 1.45. The number of amides is 1. The Balaban J connectivity index is 2.51. The normalized spacial score (nSPS) is 12.2. The number of carbonyl (C=O) groups excluding carboxylic acids is 1. The predicted octanol–water partition coefficient (Wildman–Crippen LogP) is 2.28. The van der Waals surface area contributed by atoms with E-state index in [9.17, 15) is 4.79 Å². The maximum atomic E-state index is 11.5. The SMILES string of the molecule is Cc1cccc(CC(=O)NC(C)CCl)c1. The van der Waals surface area contributed by atoms with Crippen molar-refractivity contribution in [1.29, 1.82) is 0 Å². The first-order valence-electron chi connectivity index (χ1n) is 5.02. The summed E-state index contributed by atoms with van der Waals surface area (Å²) in [6.45, 7) is 3.91. The highest BCUT2D eigenvalue weighted by Gasteiger charge is 2.06. The van der Waals surface area contributed by atoms with Crippen molar-refractivity contribution in [3.05, 3.63) is 35.4 Å². The fourth-order valence-electron chi connectivity index (χ4n) is 1.37. The second-order valence-electron chi connectivity index (χ2n) is 3.79. The summed E-state index contributed by atoms with van der Waals surface area (Å²) in [6, 6.07) is 7.98. The third-order valence-electron chi connectivity index (χ3n) is 2.09. The van der Waals surface area contributed by atoms with E-state index in [-0.39, 0.29) is 11.9 Å². The van der Waals surface area contributed by atoms with Gasteiger partial charge in [0, 0.05) is 11.9 Å². The molecule has 0 saturated carbocycles. The molecule has 1 rings (SSSR count). The molecule has 1 atom stereocenters. The Hall–Kier alpha value is -1.02. The van der Waals surface area contributed by atoms with Gasteiger partial charge in [0.25, 0.3) is 0 Å². The average molecular weight is 226 g/mol. The Kier molecular flexibility index (Phi) is 4.63. The third kappa shape index (κ3) is 4.34. The van der Waals surface area contributed by atoms with Gasteiger partial charge in [-0.3, -0.25) is 4.79 Å². The van der Waals surface area contributed by atoms with Gasteiger partial charge in [0.15, 0.2) is 0 Å². The van der Waals surface area contributed by atoms with Gasteiger partial charge in [-0.2, -0.15) is 0 Å². The maximum Gasteiger partial charge on any atom is 0.224 e. The summed E-state index contributed by atoms with van der Waals surface area (Å²) in [7, 11) is 0. The van der Waals surface area contributed by atoms with Crippen LogP contribution in [0, 0.1) is 6.92 Å². The number of nitrogens with one attached hydrogen (secondary N) is 1. The van der Waals surface area contributed by atoms with E-state index in [4.69, 9.17) is 11.6 Å². The highest BCUT2D eigenvalue weighted by Crippen LogP contribution is 2.04. The van der Waals surface area contributed by atoms with Crippen molar-refractivity contribution in [2.75, 3.05) is 5.88 Å². The predicted molar refractivity (Wildman–Crippen MR) is 63.2 cm³/mol. The molecule has 0 saturated heterocycles. The largest absolute Gasteiger partial charge is 0.352 e. The Labute approximate surface area is 95.6 Å².